The number of carbonyl (C=O) groups is 1. The Morgan fingerprint density at radius 3 is 2.80 bits per heavy atom. The molecular formula is C22H26N4O3S. The Hall–Kier alpha value is -2.55. The summed E-state index contributed by atoms with van der Waals surface area (Å²) in [5.74, 6) is 0.940. The predicted molar refractivity (Wildman–Crippen MR) is 117 cm³/mol. The van der Waals surface area contributed by atoms with E-state index >= 15 is 0 Å². The summed E-state index contributed by atoms with van der Waals surface area (Å²) < 4.78 is 10.6. The third kappa shape index (κ3) is 4.16. The molecule has 0 saturated heterocycles. The first kappa shape index (κ1) is 20.7. The van der Waals surface area contributed by atoms with Crippen LogP contribution in [0.2, 0.25) is 0 Å². The van der Waals surface area contributed by atoms with Crippen molar-refractivity contribution in [3.8, 4) is 5.88 Å². The van der Waals surface area contributed by atoms with E-state index in [0.29, 0.717) is 29.7 Å². The quantitative estimate of drug-likeness (QED) is 0.626. The fraction of sp³-hybridized carbons (Fsp3) is 0.409. The summed E-state index contributed by atoms with van der Waals surface area (Å²) in [6.45, 7) is 5.59. The van der Waals surface area contributed by atoms with E-state index < -0.39 is 0 Å². The monoisotopic (exact) mass is 426 g/mol. The summed E-state index contributed by atoms with van der Waals surface area (Å²) in [6.07, 6.45) is 1.06. The maximum Gasteiger partial charge on any atom is 0.261 e. The molecule has 0 saturated carbocycles. The van der Waals surface area contributed by atoms with Crippen molar-refractivity contribution >= 4 is 27.5 Å². The zero-order valence-electron chi connectivity index (χ0n) is 17.5. The standard InChI is InChI=1S/C22H26N4O3S/c1-14-18-21(29-3)24-17(13-28-2)25-22(18)30-19(14)20(27)23-9-11-26-10-8-15-6-4-5-7-16(15)12-26/h4-7H,8-13H2,1-3H3,(H,23,27). The molecule has 1 aliphatic rings. The third-order valence-corrected chi connectivity index (χ3v) is 6.58. The minimum atomic E-state index is -0.0803. The van der Waals surface area contributed by atoms with Crippen LogP contribution in [0.5, 0.6) is 5.88 Å². The molecule has 30 heavy (non-hydrogen) atoms. The van der Waals surface area contributed by atoms with Crippen molar-refractivity contribution in [2.45, 2.75) is 26.5 Å². The van der Waals surface area contributed by atoms with Gasteiger partial charge < -0.3 is 14.8 Å². The smallest absolute Gasteiger partial charge is 0.261 e. The molecule has 0 aliphatic carbocycles. The lowest BCUT2D eigenvalue weighted by molar-refractivity contribution is 0.0951. The number of ether oxygens (including phenoxy) is 2. The minimum absolute atomic E-state index is 0.0803. The van der Waals surface area contributed by atoms with E-state index in [-0.39, 0.29) is 5.91 Å². The third-order valence-electron chi connectivity index (χ3n) is 5.40. The van der Waals surface area contributed by atoms with E-state index in [4.69, 9.17) is 9.47 Å². The number of aromatic nitrogens is 2. The normalized spacial score (nSPS) is 14.0. The lowest BCUT2D eigenvalue weighted by atomic mass is 10.00. The van der Waals surface area contributed by atoms with Gasteiger partial charge in [-0.15, -0.1) is 11.3 Å². The van der Waals surface area contributed by atoms with Crippen molar-refractivity contribution in [3.05, 3.63) is 51.7 Å². The second-order valence-electron chi connectivity index (χ2n) is 7.37. The van der Waals surface area contributed by atoms with Crippen LogP contribution in [-0.2, 0) is 24.3 Å². The molecule has 0 atom stereocenters. The number of benzene rings is 1. The Morgan fingerprint density at radius 1 is 1.23 bits per heavy atom. The molecular weight excluding hydrogens is 400 g/mol. The van der Waals surface area contributed by atoms with Crippen molar-refractivity contribution in [1.82, 2.24) is 20.2 Å². The molecule has 1 aliphatic heterocycles. The van der Waals surface area contributed by atoms with Crippen molar-refractivity contribution in [3.63, 3.8) is 0 Å². The van der Waals surface area contributed by atoms with Crippen LogP contribution in [0.3, 0.4) is 0 Å². The summed E-state index contributed by atoms with van der Waals surface area (Å²) in [5.41, 5.74) is 3.66. The van der Waals surface area contributed by atoms with Crippen molar-refractivity contribution in [1.29, 1.82) is 0 Å². The highest BCUT2D eigenvalue weighted by molar-refractivity contribution is 7.20. The maximum atomic E-state index is 12.9. The van der Waals surface area contributed by atoms with E-state index in [1.807, 2.05) is 6.92 Å². The molecule has 0 bridgehead atoms. The van der Waals surface area contributed by atoms with Crippen molar-refractivity contribution in [2.75, 3.05) is 33.9 Å². The average Bonchev–Trinajstić information content (AvgIpc) is 3.10. The zero-order valence-corrected chi connectivity index (χ0v) is 18.3. The number of amides is 1. The van der Waals surface area contributed by atoms with Crippen LogP contribution in [-0.4, -0.2) is 54.6 Å². The Kier molecular flexibility index (Phi) is 6.26. The van der Waals surface area contributed by atoms with Gasteiger partial charge in [-0.3, -0.25) is 9.69 Å². The molecule has 4 rings (SSSR count). The van der Waals surface area contributed by atoms with Gasteiger partial charge in [0.1, 0.15) is 11.4 Å². The van der Waals surface area contributed by atoms with E-state index in [1.54, 1.807) is 14.2 Å². The van der Waals surface area contributed by atoms with Crippen LogP contribution in [0, 0.1) is 6.92 Å². The second-order valence-corrected chi connectivity index (χ2v) is 8.37. The predicted octanol–water partition coefficient (Wildman–Crippen LogP) is 2.94. The zero-order chi connectivity index (χ0) is 21.1. The second kappa shape index (κ2) is 9.07. The molecule has 0 spiro atoms. The van der Waals surface area contributed by atoms with Gasteiger partial charge >= 0.3 is 0 Å². The lowest BCUT2D eigenvalue weighted by Crippen LogP contribution is -2.37. The van der Waals surface area contributed by atoms with Gasteiger partial charge in [0, 0.05) is 33.3 Å². The summed E-state index contributed by atoms with van der Waals surface area (Å²) in [5, 5.41) is 3.86. The van der Waals surface area contributed by atoms with Crippen molar-refractivity contribution in [2.24, 2.45) is 0 Å². The van der Waals surface area contributed by atoms with E-state index in [2.05, 4.69) is 44.5 Å². The molecule has 1 aromatic carbocycles. The van der Waals surface area contributed by atoms with Gasteiger partial charge in [0.25, 0.3) is 5.91 Å². The van der Waals surface area contributed by atoms with Crippen LogP contribution < -0.4 is 10.1 Å². The van der Waals surface area contributed by atoms with Gasteiger partial charge in [0.05, 0.1) is 17.4 Å². The number of nitrogens with one attached hydrogen (secondary N) is 1. The van der Waals surface area contributed by atoms with Crippen LogP contribution >= 0.6 is 11.3 Å². The molecule has 0 fully saturated rings. The number of aryl methyl sites for hydroxylation is 1. The fourth-order valence-corrected chi connectivity index (χ4v) is 4.96. The van der Waals surface area contributed by atoms with Gasteiger partial charge in [-0.25, -0.2) is 4.98 Å². The Bertz CT molecular complexity index is 1070. The average molecular weight is 427 g/mol. The molecule has 0 radical (unpaired) electrons. The Balaban J connectivity index is 1.43. The number of hydrogen-bond acceptors (Lipinski definition) is 7. The Morgan fingerprint density at radius 2 is 2.03 bits per heavy atom. The summed E-state index contributed by atoms with van der Waals surface area (Å²) in [6, 6.07) is 8.57. The molecule has 3 heterocycles. The van der Waals surface area contributed by atoms with Gasteiger partial charge in [-0.2, -0.15) is 4.98 Å². The lowest BCUT2D eigenvalue weighted by Gasteiger charge is -2.28. The minimum Gasteiger partial charge on any atom is -0.480 e. The summed E-state index contributed by atoms with van der Waals surface area (Å²) >= 11 is 1.37. The number of nitrogens with zero attached hydrogens (tertiary/aromatic N) is 3. The molecule has 1 N–H and O–H groups in total. The highest BCUT2D eigenvalue weighted by atomic mass is 32.1. The van der Waals surface area contributed by atoms with Crippen molar-refractivity contribution < 1.29 is 14.3 Å². The van der Waals surface area contributed by atoms with Gasteiger partial charge in [0.15, 0.2) is 5.82 Å². The first-order chi connectivity index (χ1) is 14.6. The highest BCUT2D eigenvalue weighted by Crippen LogP contribution is 2.35. The SMILES string of the molecule is COCc1nc(OC)c2c(C)c(C(=O)NCCN3CCc4ccccc4C3)sc2n1. The molecule has 0 unspecified atom stereocenters. The van der Waals surface area contributed by atoms with Crippen LogP contribution in [0.1, 0.15) is 32.2 Å². The summed E-state index contributed by atoms with van der Waals surface area (Å²) in [4.78, 5) is 25.5. The molecule has 7 nitrogen and oxygen atoms in total. The molecule has 2 aromatic heterocycles. The number of thiophene rings is 1. The van der Waals surface area contributed by atoms with Gasteiger partial charge in [-0.05, 0) is 30.0 Å². The summed E-state index contributed by atoms with van der Waals surface area (Å²) in [7, 11) is 3.17. The topological polar surface area (TPSA) is 76.6 Å². The molecule has 8 heteroatoms. The van der Waals surface area contributed by atoms with E-state index in [1.165, 1.54) is 22.5 Å². The molecule has 3 aromatic rings. The number of methoxy groups -OCH3 is 2. The van der Waals surface area contributed by atoms with E-state index in [0.717, 1.165) is 41.8 Å². The largest absolute Gasteiger partial charge is 0.480 e. The maximum absolute atomic E-state index is 12.9. The number of hydrogen-bond donors (Lipinski definition) is 1. The van der Waals surface area contributed by atoms with E-state index in [9.17, 15) is 4.79 Å². The first-order valence-electron chi connectivity index (χ1n) is 10.0. The molecule has 1 amide bonds. The van der Waals surface area contributed by atoms with Crippen LogP contribution in [0.4, 0.5) is 0 Å². The van der Waals surface area contributed by atoms with Crippen LogP contribution in [0.15, 0.2) is 24.3 Å². The number of fused-ring (bicyclic) bond motifs is 2. The van der Waals surface area contributed by atoms with Gasteiger partial charge in [0.2, 0.25) is 5.88 Å². The first-order valence-corrected chi connectivity index (χ1v) is 10.8. The van der Waals surface area contributed by atoms with Gasteiger partial charge in [-0.1, -0.05) is 24.3 Å². The number of carbonyl (C=O) groups excluding carboxylic acids is 1. The number of rotatable bonds is 7. The fourth-order valence-electron chi connectivity index (χ4n) is 3.85. The highest BCUT2D eigenvalue weighted by Gasteiger charge is 2.21. The van der Waals surface area contributed by atoms with Crippen LogP contribution in [0.25, 0.3) is 10.2 Å². The Labute approximate surface area is 180 Å². The molecule has 158 valence electrons.